The lowest BCUT2D eigenvalue weighted by Gasteiger charge is -2.17. The zero-order valence-corrected chi connectivity index (χ0v) is 10.00. The van der Waals surface area contributed by atoms with Crippen LogP contribution in [-0.2, 0) is 4.79 Å². The highest BCUT2D eigenvalue weighted by Crippen LogP contribution is 2.20. The third kappa shape index (κ3) is 4.21. The van der Waals surface area contributed by atoms with Crippen LogP contribution in [0, 0.1) is 0 Å². The number of aliphatic hydroxyl groups is 1. The van der Waals surface area contributed by atoms with Crippen molar-refractivity contribution in [1.82, 2.24) is 5.32 Å². The molecule has 0 spiro atoms. The van der Waals surface area contributed by atoms with E-state index in [1.165, 1.54) is 6.92 Å². The lowest BCUT2D eigenvalue weighted by Crippen LogP contribution is -2.26. The summed E-state index contributed by atoms with van der Waals surface area (Å²) < 4.78 is 0. The molecule has 1 amide bonds. The van der Waals surface area contributed by atoms with Crippen LogP contribution in [-0.4, -0.2) is 17.6 Å². The molecule has 16 heavy (non-hydrogen) atoms. The Morgan fingerprint density at radius 1 is 1.44 bits per heavy atom. The van der Waals surface area contributed by atoms with Crippen molar-refractivity contribution in [3.05, 3.63) is 34.9 Å². The molecule has 1 rings (SSSR count). The third-order valence-corrected chi connectivity index (χ3v) is 2.55. The summed E-state index contributed by atoms with van der Waals surface area (Å²) in [4.78, 5) is 11.1. The summed E-state index contributed by atoms with van der Waals surface area (Å²) in [5.74, 6) is -0.0714. The van der Waals surface area contributed by atoms with Crippen molar-refractivity contribution in [2.75, 3.05) is 6.61 Å². The van der Waals surface area contributed by atoms with Gasteiger partial charge in [-0.2, -0.15) is 0 Å². The Balaban J connectivity index is 2.74. The van der Waals surface area contributed by atoms with Crippen molar-refractivity contribution in [2.45, 2.75) is 25.8 Å². The molecule has 0 aromatic heterocycles. The predicted octanol–water partition coefficient (Wildman–Crippen LogP) is 2.29. The van der Waals surface area contributed by atoms with Gasteiger partial charge in [-0.1, -0.05) is 23.7 Å². The average Bonchev–Trinajstić information content (AvgIpc) is 2.25. The van der Waals surface area contributed by atoms with Gasteiger partial charge in [0.25, 0.3) is 0 Å². The number of benzene rings is 1. The Hall–Kier alpha value is -1.06. The Bertz CT molecular complexity index is 337. The molecule has 0 saturated carbocycles. The number of halogens is 1. The topological polar surface area (TPSA) is 49.3 Å². The highest BCUT2D eigenvalue weighted by molar-refractivity contribution is 6.30. The second kappa shape index (κ2) is 6.51. The minimum absolute atomic E-state index is 0.0538. The maximum absolute atomic E-state index is 11.1. The van der Waals surface area contributed by atoms with Crippen LogP contribution >= 0.6 is 11.6 Å². The van der Waals surface area contributed by atoms with Gasteiger partial charge in [0.15, 0.2) is 0 Å². The monoisotopic (exact) mass is 241 g/mol. The molecule has 0 fully saturated rings. The van der Waals surface area contributed by atoms with Gasteiger partial charge >= 0.3 is 0 Å². The van der Waals surface area contributed by atoms with E-state index in [1.807, 2.05) is 12.1 Å². The smallest absolute Gasteiger partial charge is 0.217 e. The van der Waals surface area contributed by atoms with Crippen LogP contribution in [0.1, 0.15) is 31.4 Å². The second-order valence-electron chi connectivity index (χ2n) is 3.67. The van der Waals surface area contributed by atoms with Crippen molar-refractivity contribution in [2.24, 2.45) is 0 Å². The summed E-state index contributed by atoms with van der Waals surface area (Å²) in [5, 5.41) is 12.3. The minimum Gasteiger partial charge on any atom is -0.396 e. The molecule has 0 bridgehead atoms. The van der Waals surface area contributed by atoms with Gasteiger partial charge in [0, 0.05) is 18.6 Å². The Labute approximate surface area is 100 Å². The van der Waals surface area contributed by atoms with Gasteiger partial charge in [-0.25, -0.2) is 0 Å². The molecule has 0 aliphatic heterocycles. The van der Waals surface area contributed by atoms with Crippen molar-refractivity contribution in [3.8, 4) is 0 Å². The van der Waals surface area contributed by atoms with Crippen LogP contribution in [0.25, 0.3) is 0 Å². The molecule has 3 nitrogen and oxygen atoms in total. The molecule has 2 N–H and O–H groups in total. The van der Waals surface area contributed by atoms with Crippen LogP contribution in [0.4, 0.5) is 0 Å². The molecule has 4 heteroatoms. The lowest BCUT2D eigenvalue weighted by molar-refractivity contribution is -0.119. The van der Waals surface area contributed by atoms with E-state index < -0.39 is 0 Å². The molecule has 1 unspecified atom stereocenters. The molecular formula is C12H16ClNO2. The fraction of sp³-hybridized carbons (Fsp3) is 0.417. The van der Waals surface area contributed by atoms with E-state index in [0.717, 1.165) is 12.0 Å². The predicted molar refractivity (Wildman–Crippen MR) is 64.3 cm³/mol. The molecule has 1 atom stereocenters. The second-order valence-corrected chi connectivity index (χ2v) is 4.11. The number of amides is 1. The van der Waals surface area contributed by atoms with E-state index in [1.54, 1.807) is 12.1 Å². The van der Waals surface area contributed by atoms with E-state index in [0.29, 0.717) is 11.4 Å². The minimum atomic E-state index is -0.0714. The first kappa shape index (κ1) is 13.0. The highest BCUT2D eigenvalue weighted by atomic mass is 35.5. The summed E-state index contributed by atoms with van der Waals surface area (Å²) in [6.45, 7) is 1.62. The average molecular weight is 242 g/mol. The fourth-order valence-electron chi connectivity index (χ4n) is 1.56. The molecule has 0 aliphatic carbocycles. The van der Waals surface area contributed by atoms with Gasteiger partial charge in [-0.15, -0.1) is 0 Å². The number of hydrogen-bond acceptors (Lipinski definition) is 2. The molecular weight excluding hydrogens is 226 g/mol. The molecule has 1 aromatic rings. The number of hydrogen-bond donors (Lipinski definition) is 2. The van der Waals surface area contributed by atoms with Gasteiger partial charge in [0.2, 0.25) is 5.91 Å². The lowest BCUT2D eigenvalue weighted by atomic mass is 10.0. The van der Waals surface area contributed by atoms with Crippen molar-refractivity contribution in [3.63, 3.8) is 0 Å². The Morgan fingerprint density at radius 2 is 2.06 bits per heavy atom. The van der Waals surface area contributed by atoms with Crippen molar-refractivity contribution >= 4 is 17.5 Å². The number of rotatable bonds is 5. The standard InChI is InChI=1S/C12H16ClNO2/c1-9(16)14-12(3-2-8-15)10-4-6-11(13)7-5-10/h4-7,12,15H,2-3,8H2,1H3,(H,14,16). The molecule has 0 aliphatic rings. The van der Waals surface area contributed by atoms with E-state index in [4.69, 9.17) is 16.7 Å². The number of nitrogens with one attached hydrogen (secondary N) is 1. The van der Waals surface area contributed by atoms with Crippen molar-refractivity contribution in [1.29, 1.82) is 0 Å². The summed E-state index contributed by atoms with van der Waals surface area (Å²) in [6, 6.07) is 7.32. The quantitative estimate of drug-likeness (QED) is 0.831. The first-order chi connectivity index (χ1) is 7.63. The molecule has 0 saturated heterocycles. The molecule has 0 heterocycles. The van der Waals surface area contributed by atoms with Crippen molar-refractivity contribution < 1.29 is 9.90 Å². The zero-order chi connectivity index (χ0) is 12.0. The maximum Gasteiger partial charge on any atom is 0.217 e. The van der Waals surface area contributed by atoms with Gasteiger partial charge in [0.1, 0.15) is 0 Å². The summed E-state index contributed by atoms with van der Waals surface area (Å²) in [5.41, 5.74) is 1.01. The first-order valence-corrected chi connectivity index (χ1v) is 5.64. The summed E-state index contributed by atoms with van der Waals surface area (Å²) in [7, 11) is 0. The fourth-order valence-corrected chi connectivity index (χ4v) is 1.68. The van der Waals surface area contributed by atoms with E-state index in [9.17, 15) is 4.79 Å². The van der Waals surface area contributed by atoms with Crippen LogP contribution in [0.3, 0.4) is 0 Å². The van der Waals surface area contributed by atoms with Gasteiger partial charge in [-0.05, 0) is 30.5 Å². The van der Waals surface area contributed by atoms with E-state index in [2.05, 4.69) is 5.32 Å². The van der Waals surface area contributed by atoms with Crippen LogP contribution < -0.4 is 5.32 Å². The Morgan fingerprint density at radius 3 is 2.56 bits per heavy atom. The van der Waals surface area contributed by atoms with Crippen LogP contribution in [0.2, 0.25) is 5.02 Å². The zero-order valence-electron chi connectivity index (χ0n) is 9.24. The summed E-state index contributed by atoms with van der Waals surface area (Å²) in [6.07, 6.45) is 1.38. The van der Waals surface area contributed by atoms with E-state index >= 15 is 0 Å². The van der Waals surface area contributed by atoms with Gasteiger partial charge in [-0.3, -0.25) is 4.79 Å². The molecule has 88 valence electrons. The highest BCUT2D eigenvalue weighted by Gasteiger charge is 2.11. The first-order valence-electron chi connectivity index (χ1n) is 5.27. The van der Waals surface area contributed by atoms with Crippen LogP contribution in [0.5, 0.6) is 0 Å². The number of aliphatic hydroxyl groups excluding tert-OH is 1. The van der Waals surface area contributed by atoms with Gasteiger partial charge in [0.05, 0.1) is 6.04 Å². The Kier molecular flexibility index (Phi) is 5.29. The largest absolute Gasteiger partial charge is 0.396 e. The maximum atomic E-state index is 11.1. The van der Waals surface area contributed by atoms with Gasteiger partial charge < -0.3 is 10.4 Å². The molecule has 0 radical (unpaired) electrons. The summed E-state index contributed by atoms with van der Waals surface area (Å²) >= 11 is 5.80. The third-order valence-electron chi connectivity index (χ3n) is 2.30. The SMILES string of the molecule is CC(=O)NC(CCCO)c1ccc(Cl)cc1. The number of carbonyl (C=O) groups is 1. The normalized spacial score (nSPS) is 12.2. The van der Waals surface area contributed by atoms with Crippen LogP contribution in [0.15, 0.2) is 24.3 Å². The molecule has 1 aromatic carbocycles. The van der Waals surface area contributed by atoms with E-state index in [-0.39, 0.29) is 18.6 Å². The number of carbonyl (C=O) groups excluding carboxylic acids is 1.